The molecule has 106 valence electrons. The Morgan fingerprint density at radius 3 is 2.35 bits per heavy atom. The van der Waals surface area contributed by atoms with Gasteiger partial charge in [-0.2, -0.15) is 0 Å². The van der Waals surface area contributed by atoms with E-state index in [1.165, 1.54) is 13.8 Å². The number of nitro benzene ring substituents is 1. The molecule has 1 rings (SSSR count). The molecule has 3 N–H and O–H groups in total. The number of aliphatic carboxylic acids is 1. The summed E-state index contributed by atoms with van der Waals surface area (Å²) in [7, 11) is 0. The lowest BCUT2D eigenvalue weighted by molar-refractivity contribution is -0.384. The number of nitrogens with zero attached hydrogens (tertiary/aromatic N) is 1. The van der Waals surface area contributed by atoms with Crippen molar-refractivity contribution in [2.45, 2.75) is 13.8 Å². The van der Waals surface area contributed by atoms with Gasteiger partial charge in [0.25, 0.3) is 11.6 Å². The van der Waals surface area contributed by atoms with Gasteiger partial charge in [-0.25, -0.2) is 4.79 Å². The average molecular weight is 280 g/mol. The van der Waals surface area contributed by atoms with Gasteiger partial charge in [0.2, 0.25) is 0 Å². The summed E-state index contributed by atoms with van der Waals surface area (Å²) in [5.41, 5.74) is -0.702. The number of hydrogen-bond acceptors (Lipinski definition) is 5. The summed E-state index contributed by atoms with van der Waals surface area (Å²) < 4.78 is 0. The number of nitrogens with one attached hydrogen (secondary N) is 1. The summed E-state index contributed by atoms with van der Waals surface area (Å²) in [4.78, 5) is 32.4. The van der Waals surface area contributed by atoms with Crippen molar-refractivity contribution < 1.29 is 24.7 Å². The Bertz CT molecular complexity index is 620. The second-order valence-corrected chi connectivity index (χ2v) is 3.97. The molecule has 0 aromatic heterocycles. The standard InChI is InChI=1S/C12H12N2O6/c1-6(7(2)12(17)18)11(16)13-9-5-8(14(19)20)3-4-10(9)15/h3-5,15H,1-2H3,(H,13,16)(H,17,18)/b7-6+. The molecule has 0 aliphatic rings. The monoisotopic (exact) mass is 280 g/mol. The molecule has 0 bridgehead atoms. The number of phenols is 1. The molecular weight excluding hydrogens is 268 g/mol. The Balaban J connectivity index is 3.08. The maximum absolute atomic E-state index is 11.8. The van der Waals surface area contributed by atoms with E-state index >= 15 is 0 Å². The van der Waals surface area contributed by atoms with Crippen LogP contribution in [-0.4, -0.2) is 27.0 Å². The molecule has 8 heteroatoms. The molecule has 8 nitrogen and oxygen atoms in total. The first-order valence-corrected chi connectivity index (χ1v) is 5.43. The third-order valence-electron chi connectivity index (χ3n) is 2.66. The molecule has 0 fully saturated rings. The van der Waals surface area contributed by atoms with Crippen molar-refractivity contribution in [3.63, 3.8) is 0 Å². The van der Waals surface area contributed by atoms with Gasteiger partial charge in [-0.15, -0.1) is 0 Å². The zero-order valence-electron chi connectivity index (χ0n) is 10.7. The summed E-state index contributed by atoms with van der Waals surface area (Å²) >= 11 is 0. The van der Waals surface area contributed by atoms with E-state index in [4.69, 9.17) is 5.11 Å². The van der Waals surface area contributed by atoms with Gasteiger partial charge in [-0.1, -0.05) is 0 Å². The van der Waals surface area contributed by atoms with Gasteiger partial charge in [0.05, 0.1) is 10.6 Å². The summed E-state index contributed by atoms with van der Waals surface area (Å²) in [5, 5.41) is 31.1. The van der Waals surface area contributed by atoms with Gasteiger partial charge in [-0.3, -0.25) is 14.9 Å². The van der Waals surface area contributed by atoms with E-state index in [2.05, 4.69) is 5.32 Å². The minimum absolute atomic E-state index is 0.0663. The van der Waals surface area contributed by atoms with Gasteiger partial charge in [-0.05, 0) is 19.9 Å². The van der Waals surface area contributed by atoms with Crippen LogP contribution in [0, 0.1) is 10.1 Å². The number of non-ortho nitro benzene ring substituents is 1. The molecule has 0 aliphatic heterocycles. The number of carbonyl (C=O) groups is 2. The van der Waals surface area contributed by atoms with E-state index in [1.54, 1.807) is 0 Å². The van der Waals surface area contributed by atoms with Crippen LogP contribution in [0.3, 0.4) is 0 Å². The van der Waals surface area contributed by atoms with Crippen molar-refractivity contribution in [3.05, 3.63) is 39.5 Å². The van der Waals surface area contributed by atoms with Gasteiger partial charge >= 0.3 is 5.97 Å². The number of phenolic OH excluding ortho intramolecular Hbond substituents is 1. The Morgan fingerprint density at radius 1 is 1.25 bits per heavy atom. The van der Waals surface area contributed by atoms with Crippen molar-refractivity contribution in [1.29, 1.82) is 0 Å². The summed E-state index contributed by atoms with van der Waals surface area (Å²) in [6, 6.07) is 3.13. The molecule has 0 saturated heterocycles. The second-order valence-electron chi connectivity index (χ2n) is 3.97. The number of carbonyl (C=O) groups excluding carboxylic acids is 1. The van der Waals surface area contributed by atoms with Crippen LogP contribution in [-0.2, 0) is 9.59 Å². The molecule has 0 heterocycles. The number of nitro groups is 1. The highest BCUT2D eigenvalue weighted by Crippen LogP contribution is 2.28. The first-order valence-electron chi connectivity index (χ1n) is 5.43. The Hall–Kier alpha value is -2.90. The van der Waals surface area contributed by atoms with E-state index in [0.29, 0.717) is 0 Å². The third kappa shape index (κ3) is 3.31. The van der Waals surface area contributed by atoms with Gasteiger partial charge in [0, 0.05) is 23.3 Å². The van der Waals surface area contributed by atoms with Crippen molar-refractivity contribution in [1.82, 2.24) is 0 Å². The fourth-order valence-corrected chi connectivity index (χ4v) is 1.28. The molecule has 0 radical (unpaired) electrons. The summed E-state index contributed by atoms with van der Waals surface area (Å²) in [6.45, 7) is 2.55. The summed E-state index contributed by atoms with van der Waals surface area (Å²) in [5.74, 6) is -2.37. The smallest absolute Gasteiger partial charge is 0.331 e. The van der Waals surface area contributed by atoms with Crippen molar-refractivity contribution in [2.24, 2.45) is 0 Å². The van der Waals surface area contributed by atoms with E-state index in [-0.39, 0.29) is 28.3 Å². The van der Waals surface area contributed by atoms with Crippen molar-refractivity contribution in [3.8, 4) is 5.75 Å². The number of amides is 1. The van der Waals surface area contributed by atoms with Crippen LogP contribution in [0.25, 0.3) is 0 Å². The topological polar surface area (TPSA) is 130 Å². The van der Waals surface area contributed by atoms with Crippen LogP contribution in [0.1, 0.15) is 13.8 Å². The number of anilines is 1. The molecule has 0 spiro atoms. The maximum atomic E-state index is 11.8. The lowest BCUT2D eigenvalue weighted by Crippen LogP contribution is -2.16. The first-order chi connectivity index (χ1) is 9.23. The highest BCUT2D eigenvalue weighted by Gasteiger charge is 2.16. The highest BCUT2D eigenvalue weighted by atomic mass is 16.6. The van der Waals surface area contributed by atoms with Crippen molar-refractivity contribution in [2.75, 3.05) is 5.32 Å². The van der Waals surface area contributed by atoms with Gasteiger partial charge in [0.1, 0.15) is 5.75 Å². The van der Waals surface area contributed by atoms with E-state index < -0.39 is 16.8 Å². The Kier molecular flexibility index (Phi) is 4.42. The molecule has 0 atom stereocenters. The van der Waals surface area contributed by atoms with Crippen LogP contribution in [0.5, 0.6) is 5.75 Å². The highest BCUT2D eigenvalue weighted by molar-refractivity contribution is 6.08. The number of carboxylic acid groups (broad SMARTS) is 1. The fourth-order valence-electron chi connectivity index (χ4n) is 1.28. The SMILES string of the molecule is C/C(C(=O)O)=C(/C)C(=O)Nc1cc([N+](=O)[O-])ccc1O. The molecule has 1 aromatic carbocycles. The van der Waals surface area contributed by atoms with Gasteiger partial charge in [0.15, 0.2) is 0 Å². The van der Waals surface area contributed by atoms with E-state index in [9.17, 15) is 24.8 Å². The average Bonchev–Trinajstić information content (AvgIpc) is 2.38. The Morgan fingerprint density at radius 2 is 1.85 bits per heavy atom. The van der Waals surface area contributed by atoms with Gasteiger partial charge < -0.3 is 15.5 Å². The number of benzene rings is 1. The zero-order chi connectivity index (χ0) is 15.4. The number of rotatable bonds is 4. The largest absolute Gasteiger partial charge is 0.506 e. The molecule has 1 aromatic rings. The quantitative estimate of drug-likeness (QED) is 0.333. The van der Waals surface area contributed by atoms with Crippen LogP contribution < -0.4 is 5.32 Å². The van der Waals surface area contributed by atoms with Crippen LogP contribution in [0.15, 0.2) is 29.3 Å². The van der Waals surface area contributed by atoms with Crippen LogP contribution in [0.4, 0.5) is 11.4 Å². The predicted octanol–water partition coefficient (Wildman–Crippen LogP) is 1.66. The maximum Gasteiger partial charge on any atom is 0.331 e. The normalized spacial score (nSPS) is 11.5. The molecule has 0 saturated carbocycles. The Labute approximate surface area is 113 Å². The molecular formula is C12H12N2O6. The first kappa shape index (κ1) is 15.2. The van der Waals surface area contributed by atoms with Crippen LogP contribution in [0.2, 0.25) is 0 Å². The molecule has 1 amide bonds. The van der Waals surface area contributed by atoms with E-state index in [1.807, 2.05) is 0 Å². The molecule has 0 aliphatic carbocycles. The number of hydrogen-bond donors (Lipinski definition) is 3. The third-order valence-corrected chi connectivity index (χ3v) is 2.66. The number of carboxylic acids is 1. The van der Waals surface area contributed by atoms with E-state index in [0.717, 1.165) is 18.2 Å². The second kappa shape index (κ2) is 5.83. The van der Waals surface area contributed by atoms with Crippen LogP contribution >= 0.6 is 0 Å². The van der Waals surface area contributed by atoms with Crippen molar-refractivity contribution >= 4 is 23.3 Å². The number of aromatic hydroxyl groups is 1. The lowest BCUT2D eigenvalue weighted by atomic mass is 10.1. The zero-order valence-corrected chi connectivity index (χ0v) is 10.7. The lowest BCUT2D eigenvalue weighted by Gasteiger charge is -2.08. The molecule has 20 heavy (non-hydrogen) atoms. The fraction of sp³-hybridized carbons (Fsp3) is 0.167. The minimum atomic E-state index is -1.25. The molecule has 0 unspecified atom stereocenters. The minimum Gasteiger partial charge on any atom is -0.506 e. The predicted molar refractivity (Wildman–Crippen MR) is 69.4 cm³/mol. The summed E-state index contributed by atoms with van der Waals surface area (Å²) in [6.07, 6.45) is 0.